The largest absolute Gasteiger partial charge is 0.322 e. The predicted molar refractivity (Wildman–Crippen MR) is 100 cm³/mol. The van der Waals surface area contributed by atoms with E-state index in [9.17, 15) is 14.4 Å². The molecular weight excluding hydrogens is 318 g/mol. The van der Waals surface area contributed by atoms with Crippen molar-refractivity contribution in [2.75, 3.05) is 0 Å². The van der Waals surface area contributed by atoms with Gasteiger partial charge in [-0.25, -0.2) is 10.9 Å². The second-order valence-electron chi connectivity index (χ2n) is 6.85. The summed E-state index contributed by atoms with van der Waals surface area (Å²) in [6, 6.07) is -0.298. The maximum Gasteiger partial charge on any atom is 0.243 e. The molecule has 0 aromatic rings. The Morgan fingerprint density at radius 3 is 1.72 bits per heavy atom. The Labute approximate surface area is 152 Å². The molecule has 0 aliphatic carbocycles. The molecule has 0 aromatic carbocycles. The molecule has 6 heteroatoms. The van der Waals surface area contributed by atoms with Gasteiger partial charge in [-0.15, -0.1) is 0 Å². The van der Waals surface area contributed by atoms with Crippen molar-refractivity contribution in [3.05, 3.63) is 0 Å². The van der Waals surface area contributed by atoms with Gasteiger partial charge >= 0.3 is 0 Å². The van der Waals surface area contributed by atoms with Gasteiger partial charge in [-0.05, 0) is 26.2 Å². The first kappa shape index (κ1) is 23.7. The number of ketones is 1. The van der Waals surface area contributed by atoms with Crippen LogP contribution in [0.2, 0.25) is 0 Å². The van der Waals surface area contributed by atoms with E-state index in [2.05, 4.69) is 0 Å². The Bertz CT molecular complexity index is 399. The number of carbonyl (C=O) groups is 3. The standard InChI is InChI=1S/C19H37N3O3/c1-3-4-14-18(24)22(21)19(25)15-12-10-8-6-5-7-9-11-13-17(20)16(2)23/h17H,3-15,20-21H2,1-2H3. The van der Waals surface area contributed by atoms with Crippen LogP contribution in [0.1, 0.15) is 97.3 Å². The van der Waals surface area contributed by atoms with Crippen molar-refractivity contribution in [2.24, 2.45) is 11.6 Å². The molecule has 0 radical (unpaired) electrons. The summed E-state index contributed by atoms with van der Waals surface area (Å²) in [6.45, 7) is 3.54. The number of imide groups is 1. The number of rotatable bonds is 15. The van der Waals surface area contributed by atoms with Gasteiger partial charge in [0.05, 0.1) is 6.04 Å². The molecule has 0 fully saturated rings. The second-order valence-corrected chi connectivity index (χ2v) is 6.85. The molecule has 25 heavy (non-hydrogen) atoms. The van der Waals surface area contributed by atoms with E-state index >= 15 is 0 Å². The lowest BCUT2D eigenvalue weighted by Crippen LogP contribution is -2.42. The van der Waals surface area contributed by atoms with Crippen LogP contribution in [-0.4, -0.2) is 28.6 Å². The summed E-state index contributed by atoms with van der Waals surface area (Å²) in [6.07, 6.45) is 11.6. The third kappa shape index (κ3) is 12.7. The summed E-state index contributed by atoms with van der Waals surface area (Å²) in [5, 5.41) is 0.793. The average molecular weight is 356 g/mol. The second kappa shape index (κ2) is 15.0. The summed E-state index contributed by atoms with van der Waals surface area (Å²) < 4.78 is 0. The highest BCUT2D eigenvalue weighted by atomic mass is 16.2. The van der Waals surface area contributed by atoms with Gasteiger partial charge in [-0.2, -0.15) is 0 Å². The quantitative estimate of drug-likeness (QED) is 0.203. The Morgan fingerprint density at radius 1 is 0.800 bits per heavy atom. The minimum Gasteiger partial charge on any atom is -0.322 e. The third-order valence-electron chi connectivity index (χ3n) is 4.46. The number of unbranched alkanes of at least 4 members (excludes halogenated alkanes) is 8. The van der Waals surface area contributed by atoms with Gasteiger partial charge in [-0.3, -0.25) is 14.4 Å². The van der Waals surface area contributed by atoms with Crippen LogP contribution < -0.4 is 11.6 Å². The van der Waals surface area contributed by atoms with Crippen molar-refractivity contribution in [3.63, 3.8) is 0 Å². The minimum absolute atomic E-state index is 0.0673. The summed E-state index contributed by atoms with van der Waals surface area (Å²) in [4.78, 5) is 34.4. The Morgan fingerprint density at radius 2 is 1.24 bits per heavy atom. The molecule has 0 aliphatic rings. The minimum atomic E-state index is -0.298. The fourth-order valence-corrected chi connectivity index (χ4v) is 2.61. The lowest BCUT2D eigenvalue weighted by atomic mass is 10.0. The van der Waals surface area contributed by atoms with Gasteiger partial charge in [0.1, 0.15) is 5.78 Å². The normalized spacial score (nSPS) is 12.0. The third-order valence-corrected chi connectivity index (χ3v) is 4.46. The molecule has 0 heterocycles. The molecule has 146 valence electrons. The van der Waals surface area contributed by atoms with Crippen molar-refractivity contribution in [2.45, 2.75) is 103 Å². The highest BCUT2D eigenvalue weighted by Crippen LogP contribution is 2.12. The smallest absolute Gasteiger partial charge is 0.243 e. The van der Waals surface area contributed by atoms with Gasteiger partial charge in [0.25, 0.3) is 0 Å². The molecule has 0 saturated carbocycles. The Balaban J connectivity index is 3.50. The summed E-state index contributed by atoms with van der Waals surface area (Å²) in [5.74, 6) is 5.07. The van der Waals surface area contributed by atoms with E-state index < -0.39 is 0 Å². The zero-order chi connectivity index (χ0) is 19.1. The average Bonchev–Trinajstić information content (AvgIpc) is 2.59. The Hall–Kier alpha value is -1.27. The molecule has 4 N–H and O–H groups in total. The van der Waals surface area contributed by atoms with Crippen molar-refractivity contribution in [1.82, 2.24) is 5.01 Å². The highest BCUT2D eigenvalue weighted by molar-refractivity contribution is 5.94. The molecule has 2 amide bonds. The number of hydrazine groups is 1. The first-order valence-electron chi connectivity index (χ1n) is 9.76. The number of carbonyl (C=O) groups excluding carboxylic acids is 3. The van der Waals surface area contributed by atoms with Gasteiger partial charge in [0.15, 0.2) is 0 Å². The van der Waals surface area contributed by atoms with E-state index in [0.29, 0.717) is 12.8 Å². The molecule has 0 rings (SSSR count). The van der Waals surface area contributed by atoms with E-state index in [-0.39, 0.29) is 23.6 Å². The van der Waals surface area contributed by atoms with E-state index in [4.69, 9.17) is 11.6 Å². The van der Waals surface area contributed by atoms with E-state index in [0.717, 1.165) is 69.2 Å². The van der Waals surface area contributed by atoms with Crippen LogP contribution in [0.4, 0.5) is 0 Å². The van der Waals surface area contributed by atoms with Crippen molar-refractivity contribution < 1.29 is 14.4 Å². The molecule has 0 aromatic heterocycles. The van der Waals surface area contributed by atoms with Crippen LogP contribution in [0.5, 0.6) is 0 Å². The van der Waals surface area contributed by atoms with E-state index in [1.165, 1.54) is 6.42 Å². The zero-order valence-corrected chi connectivity index (χ0v) is 16.1. The van der Waals surface area contributed by atoms with Crippen LogP contribution in [0.3, 0.4) is 0 Å². The van der Waals surface area contributed by atoms with Crippen LogP contribution in [0, 0.1) is 0 Å². The molecule has 1 atom stereocenters. The van der Waals surface area contributed by atoms with Crippen LogP contribution in [0.15, 0.2) is 0 Å². The van der Waals surface area contributed by atoms with E-state index in [1.54, 1.807) is 6.92 Å². The van der Waals surface area contributed by atoms with Gasteiger partial charge < -0.3 is 5.73 Å². The molecule has 0 saturated heterocycles. The first-order valence-corrected chi connectivity index (χ1v) is 9.76. The molecule has 1 unspecified atom stereocenters. The van der Waals surface area contributed by atoms with Crippen LogP contribution >= 0.6 is 0 Å². The summed E-state index contributed by atoms with van der Waals surface area (Å²) >= 11 is 0. The molecule has 0 aliphatic heterocycles. The molecule has 0 bridgehead atoms. The van der Waals surface area contributed by atoms with Crippen molar-refractivity contribution >= 4 is 17.6 Å². The summed E-state index contributed by atoms with van der Waals surface area (Å²) in [7, 11) is 0. The fraction of sp³-hybridized carbons (Fsp3) is 0.842. The van der Waals surface area contributed by atoms with Gasteiger partial charge in [0, 0.05) is 12.8 Å². The molecular formula is C19H37N3O3. The number of Topliss-reactive ketones (excluding diaryl/α,β-unsaturated/α-hetero) is 1. The first-order chi connectivity index (χ1) is 11.9. The lowest BCUT2D eigenvalue weighted by molar-refractivity contribution is -0.145. The maximum absolute atomic E-state index is 11.8. The van der Waals surface area contributed by atoms with Gasteiger partial charge in [0.2, 0.25) is 11.8 Å². The molecule has 0 spiro atoms. The Kier molecular flexibility index (Phi) is 14.3. The fourth-order valence-electron chi connectivity index (χ4n) is 2.61. The predicted octanol–water partition coefficient (Wildman–Crippen LogP) is 3.22. The van der Waals surface area contributed by atoms with Crippen molar-refractivity contribution in [3.8, 4) is 0 Å². The number of hydrogen-bond donors (Lipinski definition) is 2. The van der Waals surface area contributed by atoms with Gasteiger partial charge in [-0.1, -0.05) is 58.3 Å². The number of amides is 2. The lowest BCUT2D eigenvalue weighted by Gasteiger charge is -2.14. The number of nitrogens with zero attached hydrogens (tertiary/aromatic N) is 1. The molecule has 6 nitrogen and oxygen atoms in total. The monoisotopic (exact) mass is 355 g/mol. The summed E-state index contributed by atoms with van der Waals surface area (Å²) in [5.41, 5.74) is 5.69. The highest BCUT2D eigenvalue weighted by Gasteiger charge is 2.16. The number of nitrogens with two attached hydrogens (primary N) is 2. The van der Waals surface area contributed by atoms with Crippen molar-refractivity contribution in [1.29, 1.82) is 0 Å². The zero-order valence-electron chi connectivity index (χ0n) is 16.1. The SMILES string of the molecule is CCCCC(=O)N(N)C(=O)CCCCCCCCCCC(N)C(C)=O. The number of hydrogen-bond acceptors (Lipinski definition) is 5. The van der Waals surface area contributed by atoms with Crippen LogP contribution in [0.25, 0.3) is 0 Å². The van der Waals surface area contributed by atoms with Crippen LogP contribution in [-0.2, 0) is 14.4 Å². The van der Waals surface area contributed by atoms with E-state index in [1.807, 2.05) is 6.92 Å². The maximum atomic E-state index is 11.8. The topological polar surface area (TPSA) is 106 Å².